The maximum absolute atomic E-state index is 12.2. The number of nitriles is 1. The molecule has 0 bridgehead atoms. The molecule has 1 unspecified atom stereocenters. The lowest BCUT2D eigenvalue weighted by atomic mass is 10.1. The lowest BCUT2D eigenvalue weighted by molar-refractivity contribution is -0.115. The number of hydrogen-bond acceptors (Lipinski definition) is 5. The molecule has 0 aliphatic rings. The predicted molar refractivity (Wildman–Crippen MR) is 73.5 cm³/mol. The van der Waals surface area contributed by atoms with Crippen molar-refractivity contribution in [2.75, 3.05) is 14.2 Å². The molecule has 0 fully saturated rings. The van der Waals surface area contributed by atoms with E-state index in [-0.39, 0.29) is 4.90 Å². The van der Waals surface area contributed by atoms with Crippen LogP contribution in [0.2, 0.25) is 0 Å². The molecule has 0 aliphatic heterocycles. The van der Waals surface area contributed by atoms with Crippen molar-refractivity contribution in [1.82, 2.24) is 4.72 Å². The summed E-state index contributed by atoms with van der Waals surface area (Å²) in [5.41, 5.74) is 1.06. The van der Waals surface area contributed by atoms with Gasteiger partial charge in [0.05, 0.1) is 22.6 Å². The summed E-state index contributed by atoms with van der Waals surface area (Å²) in [6.07, 6.45) is -0.677. The maximum atomic E-state index is 12.2. The molecule has 1 N–H and O–H groups in total. The molecule has 1 aromatic rings. The van der Waals surface area contributed by atoms with Gasteiger partial charge in [-0.25, -0.2) is 13.1 Å². The number of sulfonamides is 1. The second-order valence-electron chi connectivity index (χ2n) is 4.34. The minimum Gasteiger partial charge on any atom is -0.354 e. The average molecular weight is 298 g/mol. The van der Waals surface area contributed by atoms with Crippen LogP contribution in [0.5, 0.6) is 0 Å². The fourth-order valence-corrected chi connectivity index (χ4v) is 3.12. The van der Waals surface area contributed by atoms with Crippen molar-refractivity contribution in [2.45, 2.75) is 31.1 Å². The SMILES string of the molecule is COC(OC)C(C)NS(=O)(=O)c1ccc(C#N)c(C)c1. The molecule has 20 heavy (non-hydrogen) atoms. The highest BCUT2D eigenvalue weighted by Crippen LogP contribution is 2.15. The lowest BCUT2D eigenvalue weighted by Gasteiger charge is -2.22. The predicted octanol–water partition coefficient (Wildman–Crippen LogP) is 1.15. The largest absolute Gasteiger partial charge is 0.354 e. The molecule has 6 nitrogen and oxygen atoms in total. The number of ether oxygens (including phenoxy) is 2. The van der Waals surface area contributed by atoms with Gasteiger partial charge in [0.1, 0.15) is 0 Å². The molecule has 0 heterocycles. The third-order valence-electron chi connectivity index (χ3n) is 2.84. The number of hydrogen-bond donors (Lipinski definition) is 1. The Hall–Kier alpha value is -1.46. The minimum atomic E-state index is -3.69. The Balaban J connectivity index is 3.00. The Morgan fingerprint density at radius 3 is 2.35 bits per heavy atom. The molecule has 1 rings (SSSR count). The molecular formula is C13H18N2O4S. The summed E-state index contributed by atoms with van der Waals surface area (Å²) >= 11 is 0. The van der Waals surface area contributed by atoms with Gasteiger partial charge in [-0.2, -0.15) is 5.26 Å². The number of nitrogens with zero attached hydrogens (tertiary/aromatic N) is 1. The van der Waals surface area contributed by atoms with Crippen LogP contribution in [-0.2, 0) is 19.5 Å². The van der Waals surface area contributed by atoms with Crippen LogP contribution in [0, 0.1) is 18.3 Å². The zero-order valence-corrected chi connectivity index (χ0v) is 12.7. The van der Waals surface area contributed by atoms with Gasteiger partial charge in [-0.05, 0) is 37.6 Å². The minimum absolute atomic E-state index is 0.104. The van der Waals surface area contributed by atoms with Crippen molar-refractivity contribution in [1.29, 1.82) is 5.26 Å². The van der Waals surface area contributed by atoms with E-state index in [2.05, 4.69) is 4.72 Å². The summed E-state index contributed by atoms with van der Waals surface area (Å²) in [5.74, 6) is 0. The normalized spacial score (nSPS) is 13.2. The average Bonchev–Trinajstić information content (AvgIpc) is 2.39. The maximum Gasteiger partial charge on any atom is 0.240 e. The van der Waals surface area contributed by atoms with Gasteiger partial charge >= 0.3 is 0 Å². The molecule has 0 aromatic heterocycles. The Morgan fingerprint density at radius 2 is 1.90 bits per heavy atom. The van der Waals surface area contributed by atoms with E-state index in [9.17, 15) is 8.42 Å². The first-order valence-corrected chi connectivity index (χ1v) is 7.42. The fraction of sp³-hybridized carbons (Fsp3) is 0.462. The van der Waals surface area contributed by atoms with E-state index in [0.29, 0.717) is 11.1 Å². The van der Waals surface area contributed by atoms with Gasteiger partial charge in [0.2, 0.25) is 10.0 Å². The number of nitrogens with one attached hydrogen (secondary N) is 1. The quantitative estimate of drug-likeness (QED) is 0.796. The van der Waals surface area contributed by atoms with Crippen LogP contribution in [-0.4, -0.2) is 35.0 Å². The van der Waals surface area contributed by atoms with Crippen LogP contribution in [0.1, 0.15) is 18.1 Å². The van der Waals surface area contributed by atoms with E-state index in [1.165, 1.54) is 32.4 Å². The molecule has 1 atom stereocenters. The van der Waals surface area contributed by atoms with Gasteiger partial charge in [-0.1, -0.05) is 0 Å². The van der Waals surface area contributed by atoms with Gasteiger partial charge in [0, 0.05) is 14.2 Å². The molecule has 1 aromatic carbocycles. The molecule has 110 valence electrons. The van der Waals surface area contributed by atoms with Crippen LogP contribution in [0.3, 0.4) is 0 Å². The first-order chi connectivity index (χ1) is 9.35. The first-order valence-electron chi connectivity index (χ1n) is 5.94. The number of methoxy groups -OCH3 is 2. The fourth-order valence-electron chi connectivity index (χ4n) is 1.80. The first kappa shape index (κ1) is 16.6. The molecule has 0 saturated carbocycles. The number of aryl methyl sites for hydroxylation is 1. The molecule has 7 heteroatoms. The molecule has 0 spiro atoms. The highest BCUT2D eigenvalue weighted by molar-refractivity contribution is 7.89. The van der Waals surface area contributed by atoms with Gasteiger partial charge < -0.3 is 9.47 Å². The van der Waals surface area contributed by atoms with Crippen molar-refractivity contribution in [2.24, 2.45) is 0 Å². The van der Waals surface area contributed by atoms with Crippen molar-refractivity contribution in [3.05, 3.63) is 29.3 Å². The van der Waals surface area contributed by atoms with E-state index in [4.69, 9.17) is 14.7 Å². The van der Waals surface area contributed by atoms with Crippen LogP contribution in [0.25, 0.3) is 0 Å². The van der Waals surface area contributed by atoms with Gasteiger partial charge in [0.15, 0.2) is 6.29 Å². The van der Waals surface area contributed by atoms with E-state index in [0.717, 1.165) is 0 Å². The van der Waals surface area contributed by atoms with Crippen molar-refractivity contribution in [3.8, 4) is 6.07 Å². The van der Waals surface area contributed by atoms with Crippen molar-refractivity contribution in [3.63, 3.8) is 0 Å². The van der Waals surface area contributed by atoms with Crippen LogP contribution in [0.15, 0.2) is 23.1 Å². The van der Waals surface area contributed by atoms with Crippen LogP contribution in [0.4, 0.5) is 0 Å². The Kier molecular flexibility index (Phi) is 5.65. The monoisotopic (exact) mass is 298 g/mol. The molecule has 0 amide bonds. The Morgan fingerprint density at radius 1 is 1.30 bits per heavy atom. The zero-order valence-electron chi connectivity index (χ0n) is 11.9. The van der Waals surface area contributed by atoms with Gasteiger partial charge in [-0.15, -0.1) is 0 Å². The van der Waals surface area contributed by atoms with Crippen molar-refractivity contribution < 1.29 is 17.9 Å². The highest BCUT2D eigenvalue weighted by atomic mass is 32.2. The van der Waals surface area contributed by atoms with Crippen molar-refractivity contribution >= 4 is 10.0 Å². The number of benzene rings is 1. The standard InChI is InChI=1S/C13H18N2O4S/c1-9-7-12(6-5-11(9)8-14)20(16,17)15-10(2)13(18-3)19-4/h5-7,10,13,15H,1-4H3. The van der Waals surface area contributed by atoms with Gasteiger partial charge in [-0.3, -0.25) is 0 Å². The van der Waals surface area contributed by atoms with E-state index >= 15 is 0 Å². The summed E-state index contributed by atoms with van der Waals surface area (Å²) in [4.78, 5) is 0.104. The van der Waals surface area contributed by atoms with E-state index in [1.807, 2.05) is 6.07 Å². The lowest BCUT2D eigenvalue weighted by Crippen LogP contribution is -2.42. The highest BCUT2D eigenvalue weighted by Gasteiger charge is 2.23. The summed E-state index contributed by atoms with van der Waals surface area (Å²) in [5, 5.41) is 8.85. The molecule has 0 radical (unpaired) electrons. The van der Waals surface area contributed by atoms with Crippen LogP contribution < -0.4 is 4.72 Å². The summed E-state index contributed by atoms with van der Waals surface area (Å²) < 4.78 is 37.0. The number of rotatable bonds is 6. The third kappa shape index (κ3) is 3.77. The second kappa shape index (κ2) is 6.81. The summed E-state index contributed by atoms with van der Waals surface area (Å²) in [6.45, 7) is 3.33. The topological polar surface area (TPSA) is 88.4 Å². The Bertz CT molecular complexity index is 603. The molecule has 0 aliphatic carbocycles. The van der Waals surface area contributed by atoms with Gasteiger partial charge in [0.25, 0.3) is 0 Å². The zero-order chi connectivity index (χ0) is 15.3. The Labute approximate surface area is 119 Å². The van der Waals surface area contributed by atoms with E-state index in [1.54, 1.807) is 13.8 Å². The van der Waals surface area contributed by atoms with E-state index < -0.39 is 22.4 Å². The molecule has 0 saturated heterocycles. The second-order valence-corrected chi connectivity index (χ2v) is 6.05. The molecular weight excluding hydrogens is 280 g/mol. The smallest absolute Gasteiger partial charge is 0.240 e. The summed E-state index contributed by atoms with van der Waals surface area (Å²) in [6, 6.07) is 5.79. The summed E-state index contributed by atoms with van der Waals surface area (Å²) in [7, 11) is -0.821. The van der Waals surface area contributed by atoms with Crippen LogP contribution >= 0.6 is 0 Å². The third-order valence-corrected chi connectivity index (χ3v) is 4.40.